The molecular weight excluding hydrogens is 226 g/mol. The lowest BCUT2D eigenvalue weighted by Gasteiger charge is -2.23. The Kier molecular flexibility index (Phi) is 3.87. The van der Waals surface area contributed by atoms with E-state index in [4.69, 9.17) is 15.9 Å². The lowest BCUT2D eigenvalue weighted by Crippen LogP contribution is -2.29. The third-order valence-corrected chi connectivity index (χ3v) is 3.40. The van der Waals surface area contributed by atoms with E-state index in [9.17, 15) is 0 Å². The first kappa shape index (κ1) is 12.9. The van der Waals surface area contributed by atoms with Gasteiger partial charge in [-0.2, -0.15) is 0 Å². The summed E-state index contributed by atoms with van der Waals surface area (Å²) in [6.45, 7) is 3.00. The summed E-state index contributed by atoms with van der Waals surface area (Å²) in [4.78, 5) is 2.16. The summed E-state index contributed by atoms with van der Waals surface area (Å²) in [5.41, 5.74) is 7.34. The monoisotopic (exact) mass is 247 g/mol. The van der Waals surface area contributed by atoms with E-state index in [-0.39, 0.29) is 5.84 Å². The number of ether oxygens (including phenoxy) is 1. The molecule has 0 amide bonds. The van der Waals surface area contributed by atoms with E-state index in [2.05, 4.69) is 11.8 Å². The molecule has 0 saturated carbocycles. The molecule has 4 heteroatoms. The molecule has 1 heterocycles. The third kappa shape index (κ3) is 3.01. The Morgan fingerprint density at radius 1 is 1.50 bits per heavy atom. The van der Waals surface area contributed by atoms with Gasteiger partial charge in [-0.3, -0.25) is 5.41 Å². The van der Waals surface area contributed by atoms with Crippen LogP contribution in [0.2, 0.25) is 0 Å². The largest absolute Gasteiger partial charge is 0.384 e. The zero-order valence-corrected chi connectivity index (χ0v) is 11.0. The quantitative estimate of drug-likeness (QED) is 0.631. The van der Waals surface area contributed by atoms with Crippen molar-refractivity contribution in [1.82, 2.24) is 0 Å². The van der Waals surface area contributed by atoms with Crippen LogP contribution in [-0.4, -0.2) is 31.6 Å². The normalized spacial score (nSPS) is 23.0. The fraction of sp³-hybridized carbons (Fsp3) is 0.500. The van der Waals surface area contributed by atoms with Gasteiger partial charge in [-0.05, 0) is 31.9 Å². The summed E-state index contributed by atoms with van der Waals surface area (Å²) in [7, 11) is 2.05. The molecule has 98 valence electrons. The van der Waals surface area contributed by atoms with Gasteiger partial charge in [-0.15, -0.1) is 0 Å². The van der Waals surface area contributed by atoms with Gasteiger partial charge >= 0.3 is 0 Å². The number of nitrogen functional groups attached to an aromatic ring is 1. The van der Waals surface area contributed by atoms with Gasteiger partial charge in [0.25, 0.3) is 0 Å². The van der Waals surface area contributed by atoms with Crippen molar-refractivity contribution in [2.45, 2.75) is 32.0 Å². The number of nitrogens with two attached hydrogens (primary N) is 1. The Morgan fingerprint density at radius 3 is 2.89 bits per heavy atom. The van der Waals surface area contributed by atoms with Crippen molar-refractivity contribution in [2.75, 3.05) is 18.5 Å². The summed E-state index contributed by atoms with van der Waals surface area (Å²) in [6.07, 6.45) is 2.96. The number of hydrogen-bond acceptors (Lipinski definition) is 3. The fourth-order valence-electron chi connectivity index (χ4n) is 2.34. The molecule has 0 aromatic heterocycles. The second kappa shape index (κ2) is 5.40. The first-order valence-corrected chi connectivity index (χ1v) is 6.37. The third-order valence-electron chi connectivity index (χ3n) is 3.40. The number of anilines is 1. The molecule has 0 bridgehead atoms. The average molecular weight is 247 g/mol. The van der Waals surface area contributed by atoms with Crippen LogP contribution in [0.1, 0.15) is 25.3 Å². The molecule has 0 aliphatic carbocycles. The van der Waals surface area contributed by atoms with Crippen LogP contribution >= 0.6 is 0 Å². The minimum atomic E-state index is 0.107. The SMILES string of the molecule is CC1CCC(CN(C)c2cccc(C(=N)N)c2)O1. The second-order valence-electron chi connectivity index (χ2n) is 4.99. The Balaban J connectivity index is 2.02. The number of benzene rings is 1. The van der Waals surface area contributed by atoms with Crippen molar-refractivity contribution in [2.24, 2.45) is 5.73 Å². The highest BCUT2D eigenvalue weighted by Gasteiger charge is 2.23. The minimum Gasteiger partial charge on any atom is -0.384 e. The second-order valence-corrected chi connectivity index (χ2v) is 4.99. The summed E-state index contributed by atoms with van der Waals surface area (Å²) in [6, 6.07) is 7.76. The standard InChI is InChI=1S/C14H21N3O/c1-10-6-7-13(18-10)9-17(2)12-5-3-4-11(8-12)14(15)16/h3-5,8,10,13H,6-7,9H2,1-2H3,(H3,15,16). The maximum absolute atomic E-state index is 7.46. The van der Waals surface area contributed by atoms with E-state index < -0.39 is 0 Å². The molecule has 2 atom stereocenters. The molecule has 1 aliphatic rings. The van der Waals surface area contributed by atoms with Crippen LogP contribution in [0.3, 0.4) is 0 Å². The van der Waals surface area contributed by atoms with Gasteiger partial charge in [-0.1, -0.05) is 12.1 Å². The van der Waals surface area contributed by atoms with Gasteiger partial charge < -0.3 is 15.4 Å². The number of rotatable bonds is 4. The van der Waals surface area contributed by atoms with Gasteiger partial charge in [0, 0.05) is 24.8 Å². The van der Waals surface area contributed by atoms with E-state index in [0.717, 1.165) is 30.6 Å². The van der Waals surface area contributed by atoms with Crippen LogP contribution in [0.15, 0.2) is 24.3 Å². The first-order valence-electron chi connectivity index (χ1n) is 6.37. The van der Waals surface area contributed by atoms with Crippen LogP contribution in [-0.2, 0) is 4.74 Å². The molecule has 1 aliphatic heterocycles. The van der Waals surface area contributed by atoms with Crippen LogP contribution in [0.5, 0.6) is 0 Å². The maximum Gasteiger partial charge on any atom is 0.122 e. The highest BCUT2D eigenvalue weighted by Crippen LogP contribution is 2.22. The smallest absolute Gasteiger partial charge is 0.122 e. The van der Waals surface area contributed by atoms with Crippen molar-refractivity contribution in [3.8, 4) is 0 Å². The molecule has 18 heavy (non-hydrogen) atoms. The molecule has 1 aromatic rings. The Morgan fingerprint density at radius 2 is 2.28 bits per heavy atom. The minimum absolute atomic E-state index is 0.107. The van der Waals surface area contributed by atoms with E-state index in [1.807, 2.05) is 31.3 Å². The molecule has 0 radical (unpaired) electrons. The number of nitrogens with one attached hydrogen (secondary N) is 1. The average Bonchev–Trinajstić information content (AvgIpc) is 2.75. The maximum atomic E-state index is 7.46. The Labute approximate surface area is 108 Å². The topological polar surface area (TPSA) is 62.3 Å². The molecule has 2 unspecified atom stereocenters. The van der Waals surface area contributed by atoms with Gasteiger partial charge in [0.05, 0.1) is 12.2 Å². The number of hydrogen-bond donors (Lipinski definition) is 2. The summed E-state index contributed by atoms with van der Waals surface area (Å²) >= 11 is 0. The summed E-state index contributed by atoms with van der Waals surface area (Å²) in [5.74, 6) is 0.107. The number of nitrogens with zero attached hydrogens (tertiary/aromatic N) is 1. The highest BCUT2D eigenvalue weighted by atomic mass is 16.5. The Bertz CT molecular complexity index is 433. The molecule has 1 saturated heterocycles. The van der Waals surface area contributed by atoms with Crippen LogP contribution in [0.25, 0.3) is 0 Å². The van der Waals surface area contributed by atoms with E-state index in [0.29, 0.717) is 12.2 Å². The van der Waals surface area contributed by atoms with Crippen molar-refractivity contribution >= 4 is 11.5 Å². The lowest BCUT2D eigenvalue weighted by atomic mass is 10.1. The van der Waals surface area contributed by atoms with Gasteiger partial charge in [0.2, 0.25) is 0 Å². The zero-order chi connectivity index (χ0) is 13.1. The van der Waals surface area contributed by atoms with E-state index >= 15 is 0 Å². The van der Waals surface area contributed by atoms with Gasteiger partial charge in [0.1, 0.15) is 5.84 Å². The molecule has 4 nitrogen and oxygen atoms in total. The summed E-state index contributed by atoms with van der Waals surface area (Å²) in [5, 5.41) is 7.46. The van der Waals surface area contributed by atoms with Gasteiger partial charge in [0.15, 0.2) is 0 Å². The van der Waals surface area contributed by atoms with Crippen LogP contribution < -0.4 is 10.6 Å². The molecule has 1 aromatic carbocycles. The zero-order valence-electron chi connectivity index (χ0n) is 11.0. The van der Waals surface area contributed by atoms with E-state index in [1.54, 1.807) is 0 Å². The first-order chi connectivity index (χ1) is 8.56. The molecule has 3 N–H and O–H groups in total. The van der Waals surface area contributed by atoms with E-state index in [1.165, 1.54) is 0 Å². The van der Waals surface area contributed by atoms with Gasteiger partial charge in [-0.25, -0.2) is 0 Å². The molecule has 0 spiro atoms. The van der Waals surface area contributed by atoms with Crippen molar-refractivity contribution in [1.29, 1.82) is 5.41 Å². The molecular formula is C14H21N3O. The van der Waals surface area contributed by atoms with Crippen LogP contribution in [0, 0.1) is 5.41 Å². The predicted octanol–water partition coefficient (Wildman–Crippen LogP) is 1.97. The molecule has 1 fully saturated rings. The van der Waals surface area contributed by atoms with Crippen molar-refractivity contribution < 1.29 is 4.74 Å². The lowest BCUT2D eigenvalue weighted by molar-refractivity contribution is 0.0606. The fourth-order valence-corrected chi connectivity index (χ4v) is 2.34. The number of likely N-dealkylation sites (N-methyl/N-ethyl adjacent to an activating group) is 1. The van der Waals surface area contributed by atoms with Crippen molar-refractivity contribution in [3.63, 3.8) is 0 Å². The molecule has 2 rings (SSSR count). The predicted molar refractivity (Wildman–Crippen MR) is 74.3 cm³/mol. The van der Waals surface area contributed by atoms with Crippen LogP contribution in [0.4, 0.5) is 5.69 Å². The number of amidine groups is 1. The Hall–Kier alpha value is -1.55. The highest BCUT2D eigenvalue weighted by molar-refractivity contribution is 5.95. The van der Waals surface area contributed by atoms with Crippen molar-refractivity contribution in [3.05, 3.63) is 29.8 Å². The summed E-state index contributed by atoms with van der Waals surface area (Å²) < 4.78 is 5.82.